The summed E-state index contributed by atoms with van der Waals surface area (Å²) >= 11 is 1.74. The largest absolute Gasteiger partial charge is 0.311 e. The number of nitrogens with one attached hydrogen (secondary N) is 1. The Labute approximate surface area is 128 Å². The summed E-state index contributed by atoms with van der Waals surface area (Å²) in [4.78, 5) is 19.6. The molecular formula is C16H19N3OS. The van der Waals surface area contributed by atoms with Gasteiger partial charge in [0.15, 0.2) is 0 Å². The van der Waals surface area contributed by atoms with Crippen LogP contribution >= 0.6 is 11.3 Å². The smallest absolute Gasteiger partial charge is 0.228 e. The maximum absolute atomic E-state index is 12.1. The van der Waals surface area contributed by atoms with Gasteiger partial charge in [-0.15, -0.1) is 11.3 Å². The van der Waals surface area contributed by atoms with Crippen molar-refractivity contribution in [3.05, 3.63) is 46.4 Å². The van der Waals surface area contributed by atoms with Crippen molar-refractivity contribution in [1.29, 1.82) is 0 Å². The van der Waals surface area contributed by atoms with Gasteiger partial charge in [0.05, 0.1) is 5.01 Å². The predicted octanol–water partition coefficient (Wildman–Crippen LogP) is 2.39. The molecule has 0 bridgehead atoms. The van der Waals surface area contributed by atoms with Gasteiger partial charge in [-0.25, -0.2) is 4.98 Å². The summed E-state index contributed by atoms with van der Waals surface area (Å²) in [6, 6.07) is 10.1. The molecule has 1 amide bonds. The third kappa shape index (κ3) is 3.49. The van der Waals surface area contributed by atoms with Crippen LogP contribution < -0.4 is 10.2 Å². The quantitative estimate of drug-likeness (QED) is 0.922. The Morgan fingerprint density at radius 2 is 2.19 bits per heavy atom. The zero-order chi connectivity index (χ0) is 14.7. The van der Waals surface area contributed by atoms with Crippen molar-refractivity contribution >= 4 is 22.9 Å². The van der Waals surface area contributed by atoms with E-state index in [0.29, 0.717) is 6.42 Å². The number of amides is 1. The molecule has 21 heavy (non-hydrogen) atoms. The lowest BCUT2D eigenvalue weighted by Crippen LogP contribution is -2.34. The minimum Gasteiger partial charge on any atom is -0.311 e. The van der Waals surface area contributed by atoms with Gasteiger partial charge in [-0.3, -0.25) is 4.79 Å². The molecule has 0 spiro atoms. The number of carbonyl (C=O) groups excluding carboxylic acids is 1. The molecule has 1 atom stereocenters. The molecule has 0 radical (unpaired) electrons. The summed E-state index contributed by atoms with van der Waals surface area (Å²) in [6.45, 7) is 3.69. The SMILES string of the molecule is Cc1cnc(CCN[C@@H]2CC(=O)N(c3ccccc3)C2)s1. The standard InChI is InChI=1S/C16H19N3OS/c1-12-10-18-15(21-12)7-8-17-13-9-16(20)19(11-13)14-5-3-2-4-6-14/h2-6,10,13,17H,7-9,11H2,1H3/t13-/m1/s1. The molecule has 1 fully saturated rings. The third-order valence-electron chi connectivity index (χ3n) is 3.63. The molecule has 0 aliphatic carbocycles. The zero-order valence-corrected chi connectivity index (χ0v) is 12.9. The minimum atomic E-state index is 0.198. The van der Waals surface area contributed by atoms with Crippen LogP contribution in [0.5, 0.6) is 0 Å². The van der Waals surface area contributed by atoms with Crippen LogP contribution in [0.3, 0.4) is 0 Å². The number of hydrogen-bond donors (Lipinski definition) is 1. The molecule has 1 aliphatic rings. The highest BCUT2D eigenvalue weighted by Crippen LogP contribution is 2.21. The fourth-order valence-electron chi connectivity index (χ4n) is 2.60. The second-order valence-corrected chi connectivity index (χ2v) is 6.63. The van der Waals surface area contributed by atoms with Crippen molar-refractivity contribution in [3.8, 4) is 0 Å². The van der Waals surface area contributed by atoms with E-state index in [0.717, 1.165) is 30.2 Å². The molecule has 2 heterocycles. The molecule has 1 aromatic heterocycles. The number of thiazole rings is 1. The number of benzene rings is 1. The highest BCUT2D eigenvalue weighted by atomic mass is 32.1. The Hall–Kier alpha value is -1.72. The number of hydrogen-bond acceptors (Lipinski definition) is 4. The molecule has 1 aromatic carbocycles. The molecule has 5 heteroatoms. The number of aryl methyl sites for hydroxylation is 1. The van der Waals surface area contributed by atoms with Crippen LogP contribution in [0.1, 0.15) is 16.3 Å². The summed E-state index contributed by atoms with van der Waals surface area (Å²) < 4.78 is 0. The lowest BCUT2D eigenvalue weighted by atomic mass is 10.2. The Bertz CT molecular complexity index is 611. The molecule has 1 aliphatic heterocycles. The van der Waals surface area contributed by atoms with Crippen LogP contribution in [0.4, 0.5) is 5.69 Å². The first kappa shape index (κ1) is 14.2. The predicted molar refractivity (Wildman–Crippen MR) is 85.8 cm³/mol. The van der Waals surface area contributed by atoms with Gasteiger partial charge in [0.1, 0.15) is 0 Å². The fourth-order valence-corrected chi connectivity index (χ4v) is 3.39. The van der Waals surface area contributed by atoms with Crippen molar-refractivity contribution in [2.24, 2.45) is 0 Å². The summed E-state index contributed by atoms with van der Waals surface area (Å²) in [5.74, 6) is 0.198. The second-order valence-electron chi connectivity index (χ2n) is 5.31. The molecular weight excluding hydrogens is 282 g/mol. The number of aromatic nitrogens is 1. The Morgan fingerprint density at radius 3 is 2.90 bits per heavy atom. The third-order valence-corrected chi connectivity index (χ3v) is 4.61. The number of para-hydroxylation sites is 1. The molecule has 110 valence electrons. The molecule has 2 aromatic rings. The van der Waals surface area contributed by atoms with Crippen molar-refractivity contribution in [2.75, 3.05) is 18.0 Å². The number of nitrogens with zero attached hydrogens (tertiary/aromatic N) is 2. The molecule has 1 saturated heterocycles. The number of anilines is 1. The van der Waals surface area contributed by atoms with E-state index in [1.54, 1.807) is 11.3 Å². The van der Waals surface area contributed by atoms with E-state index in [1.807, 2.05) is 41.4 Å². The van der Waals surface area contributed by atoms with E-state index in [2.05, 4.69) is 17.2 Å². The summed E-state index contributed by atoms with van der Waals surface area (Å²) in [5.41, 5.74) is 0.988. The molecule has 1 N–H and O–H groups in total. The average molecular weight is 301 g/mol. The van der Waals surface area contributed by atoms with Gasteiger partial charge < -0.3 is 10.2 Å². The summed E-state index contributed by atoms with van der Waals surface area (Å²) in [6.07, 6.45) is 3.41. The van der Waals surface area contributed by atoms with Crippen LogP contribution in [-0.2, 0) is 11.2 Å². The maximum Gasteiger partial charge on any atom is 0.228 e. The van der Waals surface area contributed by atoms with Crippen molar-refractivity contribution in [2.45, 2.75) is 25.8 Å². The first-order valence-corrected chi connectivity index (χ1v) is 8.04. The van der Waals surface area contributed by atoms with E-state index >= 15 is 0 Å². The zero-order valence-electron chi connectivity index (χ0n) is 12.1. The first-order chi connectivity index (χ1) is 10.2. The highest BCUT2D eigenvalue weighted by Gasteiger charge is 2.29. The molecule has 0 unspecified atom stereocenters. The minimum absolute atomic E-state index is 0.198. The van der Waals surface area contributed by atoms with E-state index in [9.17, 15) is 4.79 Å². The van der Waals surface area contributed by atoms with Crippen molar-refractivity contribution in [3.63, 3.8) is 0 Å². The molecule has 3 rings (SSSR count). The Morgan fingerprint density at radius 1 is 1.38 bits per heavy atom. The van der Waals surface area contributed by atoms with Crippen LogP contribution in [0, 0.1) is 6.92 Å². The van der Waals surface area contributed by atoms with Gasteiger partial charge in [0.25, 0.3) is 0 Å². The van der Waals surface area contributed by atoms with Gasteiger partial charge >= 0.3 is 0 Å². The van der Waals surface area contributed by atoms with Crippen LogP contribution in [-0.4, -0.2) is 30.0 Å². The van der Waals surface area contributed by atoms with Crippen LogP contribution in [0.15, 0.2) is 36.5 Å². The summed E-state index contributed by atoms with van der Waals surface area (Å²) in [5, 5.41) is 4.63. The van der Waals surface area contributed by atoms with Gasteiger partial charge in [0.2, 0.25) is 5.91 Å². The number of rotatable bonds is 5. The van der Waals surface area contributed by atoms with Gasteiger partial charge in [0, 0.05) is 48.7 Å². The first-order valence-electron chi connectivity index (χ1n) is 7.22. The van der Waals surface area contributed by atoms with Gasteiger partial charge in [-0.05, 0) is 19.1 Å². The normalized spacial score (nSPS) is 18.4. The van der Waals surface area contributed by atoms with Crippen LogP contribution in [0.25, 0.3) is 0 Å². The molecule has 0 saturated carbocycles. The Balaban J connectivity index is 1.51. The van der Waals surface area contributed by atoms with Gasteiger partial charge in [-0.1, -0.05) is 18.2 Å². The fraction of sp³-hybridized carbons (Fsp3) is 0.375. The number of carbonyl (C=O) groups is 1. The van der Waals surface area contributed by atoms with Crippen LogP contribution in [0.2, 0.25) is 0 Å². The van der Waals surface area contributed by atoms with E-state index in [1.165, 1.54) is 4.88 Å². The average Bonchev–Trinajstić information content (AvgIpc) is 3.06. The lowest BCUT2D eigenvalue weighted by molar-refractivity contribution is -0.117. The summed E-state index contributed by atoms with van der Waals surface area (Å²) in [7, 11) is 0. The van der Waals surface area contributed by atoms with E-state index in [4.69, 9.17) is 0 Å². The van der Waals surface area contributed by atoms with E-state index in [-0.39, 0.29) is 11.9 Å². The Kier molecular flexibility index (Phi) is 4.31. The topological polar surface area (TPSA) is 45.2 Å². The monoisotopic (exact) mass is 301 g/mol. The highest BCUT2D eigenvalue weighted by molar-refractivity contribution is 7.11. The second kappa shape index (κ2) is 6.37. The molecule has 4 nitrogen and oxygen atoms in total. The van der Waals surface area contributed by atoms with Crippen molar-refractivity contribution in [1.82, 2.24) is 10.3 Å². The van der Waals surface area contributed by atoms with Crippen molar-refractivity contribution < 1.29 is 4.79 Å². The van der Waals surface area contributed by atoms with Gasteiger partial charge in [-0.2, -0.15) is 0 Å². The van der Waals surface area contributed by atoms with E-state index < -0.39 is 0 Å². The lowest BCUT2D eigenvalue weighted by Gasteiger charge is -2.17. The maximum atomic E-state index is 12.1.